The van der Waals surface area contributed by atoms with E-state index in [2.05, 4.69) is 53.8 Å². The molecule has 1 aromatic rings. The number of anilines is 1. The second-order valence-electron chi connectivity index (χ2n) is 5.98. The van der Waals surface area contributed by atoms with Crippen molar-refractivity contribution in [2.24, 2.45) is 10.8 Å². The van der Waals surface area contributed by atoms with Crippen LogP contribution < -0.4 is 5.73 Å². The Morgan fingerprint density at radius 3 is 2.00 bits per heavy atom. The fourth-order valence-electron chi connectivity index (χ4n) is 0.863. The molecule has 0 aliphatic carbocycles. The quantitative estimate of drug-likeness (QED) is 0.394. The van der Waals surface area contributed by atoms with E-state index in [9.17, 15) is 4.39 Å². The van der Waals surface area contributed by atoms with Crippen LogP contribution in [0.25, 0.3) is 0 Å². The summed E-state index contributed by atoms with van der Waals surface area (Å²) in [5.41, 5.74) is 5.84. The van der Waals surface area contributed by atoms with Crippen molar-refractivity contribution in [2.75, 3.05) is 5.73 Å². The maximum atomic E-state index is 12.7. The zero-order valence-electron chi connectivity index (χ0n) is 12.2. The van der Waals surface area contributed by atoms with Crippen LogP contribution in [-0.2, 0) is 0 Å². The molecule has 0 radical (unpaired) electrons. The summed E-state index contributed by atoms with van der Waals surface area (Å²) in [5, 5.41) is 0.273. The number of thiol groups is 1. The van der Waals surface area contributed by atoms with Gasteiger partial charge in [0.2, 0.25) is 0 Å². The van der Waals surface area contributed by atoms with Gasteiger partial charge in [-0.2, -0.15) is 0 Å². The van der Waals surface area contributed by atoms with E-state index in [0.29, 0.717) is 5.41 Å². The summed E-state index contributed by atoms with van der Waals surface area (Å²) in [6.45, 7) is 14.9. The molecular formula is C15H23ClFNS. The number of benzene rings is 1. The molecule has 0 atom stereocenters. The molecule has 0 saturated heterocycles. The molecule has 2 N–H and O–H groups in total. The van der Waals surface area contributed by atoms with Crippen molar-refractivity contribution >= 4 is 29.9 Å². The number of hydrogen-bond acceptors (Lipinski definition) is 2. The van der Waals surface area contributed by atoms with E-state index in [0.717, 1.165) is 0 Å². The second-order valence-corrected chi connectivity index (χ2v) is 6.83. The predicted molar refractivity (Wildman–Crippen MR) is 86.5 cm³/mol. The van der Waals surface area contributed by atoms with Crippen LogP contribution >= 0.6 is 24.2 Å². The van der Waals surface area contributed by atoms with Crippen LogP contribution in [0.3, 0.4) is 0 Å². The third-order valence-electron chi connectivity index (χ3n) is 3.54. The Balaban J connectivity index is 0.000000344. The van der Waals surface area contributed by atoms with Crippen molar-refractivity contribution in [3.63, 3.8) is 0 Å². The number of hydrogen-bond donors (Lipinski definition) is 2. The Hall–Kier alpha value is -0.670. The lowest BCUT2D eigenvalue weighted by atomic mass is 9.70. The molecule has 0 amide bonds. The zero-order chi connectivity index (χ0) is 15.4. The van der Waals surface area contributed by atoms with Crippen molar-refractivity contribution in [2.45, 2.75) is 39.5 Å². The summed E-state index contributed by atoms with van der Waals surface area (Å²) >= 11 is 9.31. The van der Waals surface area contributed by atoms with Gasteiger partial charge >= 0.3 is 0 Å². The Labute approximate surface area is 126 Å². The molecule has 108 valence electrons. The summed E-state index contributed by atoms with van der Waals surface area (Å²) in [4.78, 5) is 0.0988. The third kappa shape index (κ3) is 5.07. The first-order valence-corrected chi connectivity index (χ1v) is 6.82. The van der Waals surface area contributed by atoms with Crippen LogP contribution in [0.5, 0.6) is 0 Å². The molecule has 0 spiro atoms. The van der Waals surface area contributed by atoms with E-state index in [1.807, 2.05) is 6.08 Å². The van der Waals surface area contributed by atoms with E-state index in [1.54, 1.807) is 0 Å². The van der Waals surface area contributed by atoms with Gasteiger partial charge in [0.25, 0.3) is 0 Å². The zero-order valence-corrected chi connectivity index (χ0v) is 13.9. The highest BCUT2D eigenvalue weighted by molar-refractivity contribution is 7.80. The SMILES string of the molecule is C=CC(C)(C)C(C)(C)C.Nc1ccc(Cl)c(S)c1F. The highest BCUT2D eigenvalue weighted by atomic mass is 35.5. The first kappa shape index (κ1) is 18.3. The van der Waals surface area contributed by atoms with Crippen molar-refractivity contribution in [1.82, 2.24) is 0 Å². The third-order valence-corrected chi connectivity index (χ3v) is 4.42. The molecule has 0 aliphatic rings. The number of rotatable bonds is 1. The second kappa shape index (κ2) is 6.67. The first-order chi connectivity index (χ1) is 8.44. The van der Waals surface area contributed by atoms with Crippen molar-refractivity contribution in [3.05, 3.63) is 35.6 Å². The van der Waals surface area contributed by atoms with Crippen LogP contribution in [0, 0.1) is 16.6 Å². The molecule has 4 heteroatoms. The van der Waals surface area contributed by atoms with Crippen molar-refractivity contribution in [1.29, 1.82) is 0 Å². The first-order valence-electron chi connectivity index (χ1n) is 6.00. The molecule has 1 nitrogen and oxygen atoms in total. The molecule has 0 aliphatic heterocycles. The molecule has 0 unspecified atom stereocenters. The number of halogens is 2. The van der Waals surface area contributed by atoms with Crippen LogP contribution in [0.15, 0.2) is 29.7 Å². The van der Waals surface area contributed by atoms with Gasteiger partial charge in [-0.1, -0.05) is 52.3 Å². The number of allylic oxidation sites excluding steroid dienone is 1. The molecule has 0 fully saturated rings. The molecule has 1 aromatic carbocycles. The topological polar surface area (TPSA) is 26.0 Å². The average Bonchev–Trinajstić information content (AvgIpc) is 2.31. The molecule has 1 rings (SSSR count). The Bertz CT molecular complexity index is 423. The maximum Gasteiger partial charge on any atom is 0.160 e. The van der Waals surface area contributed by atoms with Crippen molar-refractivity contribution < 1.29 is 4.39 Å². The van der Waals surface area contributed by atoms with E-state index < -0.39 is 5.82 Å². The lowest BCUT2D eigenvalue weighted by Crippen LogP contribution is -2.26. The van der Waals surface area contributed by atoms with Gasteiger partial charge in [0, 0.05) is 0 Å². The van der Waals surface area contributed by atoms with Crippen LogP contribution in [-0.4, -0.2) is 0 Å². The standard InChI is InChI=1S/C9H18.C6H5ClFNS/c1-7-9(5,6)8(2,3)4;7-3-1-2-4(9)5(8)6(3)10/h7H,1H2,2-6H3;1-2,10H,9H2. The highest BCUT2D eigenvalue weighted by Gasteiger charge is 2.28. The van der Waals surface area contributed by atoms with E-state index >= 15 is 0 Å². The normalized spacial score (nSPS) is 11.6. The van der Waals surface area contributed by atoms with Gasteiger partial charge in [0.15, 0.2) is 5.82 Å². The molecule has 0 saturated carbocycles. The molecule has 0 aromatic heterocycles. The van der Waals surface area contributed by atoms with Gasteiger partial charge in [0.05, 0.1) is 15.6 Å². The summed E-state index contributed by atoms with van der Waals surface area (Å²) in [7, 11) is 0. The fraction of sp³-hybridized carbons (Fsp3) is 0.467. The average molecular weight is 304 g/mol. The maximum absolute atomic E-state index is 12.7. The minimum atomic E-state index is -0.559. The minimum absolute atomic E-state index is 0.0643. The lowest BCUT2D eigenvalue weighted by Gasteiger charge is -2.35. The summed E-state index contributed by atoms with van der Waals surface area (Å²) in [6, 6.07) is 2.90. The van der Waals surface area contributed by atoms with E-state index in [1.165, 1.54) is 12.1 Å². The van der Waals surface area contributed by atoms with E-state index in [4.69, 9.17) is 17.3 Å². The lowest BCUT2D eigenvalue weighted by molar-refractivity contribution is 0.193. The van der Waals surface area contributed by atoms with Gasteiger partial charge in [-0.3, -0.25) is 0 Å². The van der Waals surface area contributed by atoms with Crippen LogP contribution in [0.2, 0.25) is 5.02 Å². The smallest absolute Gasteiger partial charge is 0.160 e. The Kier molecular flexibility index (Phi) is 6.43. The van der Waals surface area contributed by atoms with Gasteiger partial charge in [-0.05, 0) is 23.0 Å². The minimum Gasteiger partial charge on any atom is -0.396 e. The largest absolute Gasteiger partial charge is 0.396 e. The highest BCUT2D eigenvalue weighted by Crippen LogP contribution is 2.38. The summed E-state index contributed by atoms with van der Waals surface area (Å²) in [5.74, 6) is -0.559. The summed E-state index contributed by atoms with van der Waals surface area (Å²) < 4.78 is 12.7. The van der Waals surface area contributed by atoms with Gasteiger partial charge in [0.1, 0.15) is 0 Å². The Morgan fingerprint density at radius 2 is 1.74 bits per heavy atom. The number of nitrogens with two attached hydrogens (primary N) is 1. The molecule has 0 heterocycles. The monoisotopic (exact) mass is 303 g/mol. The number of nitrogen functional groups attached to an aromatic ring is 1. The molecular weight excluding hydrogens is 281 g/mol. The summed E-state index contributed by atoms with van der Waals surface area (Å²) in [6.07, 6.45) is 2.02. The van der Waals surface area contributed by atoms with Gasteiger partial charge in [-0.25, -0.2) is 4.39 Å². The van der Waals surface area contributed by atoms with Gasteiger partial charge in [-0.15, -0.1) is 19.2 Å². The predicted octanol–water partition coefficient (Wildman–Crippen LogP) is 5.59. The molecule has 0 bridgehead atoms. The van der Waals surface area contributed by atoms with Gasteiger partial charge < -0.3 is 5.73 Å². The fourth-order valence-corrected chi connectivity index (χ4v) is 1.21. The van der Waals surface area contributed by atoms with Crippen molar-refractivity contribution in [3.8, 4) is 0 Å². The van der Waals surface area contributed by atoms with Crippen LogP contribution in [0.1, 0.15) is 34.6 Å². The van der Waals surface area contributed by atoms with Crippen LogP contribution in [0.4, 0.5) is 10.1 Å². The van der Waals surface area contributed by atoms with E-state index in [-0.39, 0.29) is 21.0 Å². The molecule has 19 heavy (non-hydrogen) atoms. The Morgan fingerprint density at radius 1 is 1.26 bits per heavy atom.